The third kappa shape index (κ3) is 6.76. The van der Waals surface area contributed by atoms with E-state index in [-0.39, 0.29) is 18.9 Å². The Balaban J connectivity index is 0. The van der Waals surface area contributed by atoms with Gasteiger partial charge in [0.25, 0.3) is 0 Å². The van der Waals surface area contributed by atoms with Crippen molar-refractivity contribution in [3.63, 3.8) is 0 Å². The Morgan fingerprint density at radius 2 is 2.14 bits per heavy atom. The zero-order valence-corrected chi connectivity index (χ0v) is 8.71. The molecule has 5 heteroatoms. The Kier molecular flexibility index (Phi) is 9.96. The maximum atomic E-state index is 10.8. The average Bonchev–Trinajstić information content (AvgIpc) is 2.11. The van der Waals surface area contributed by atoms with E-state index in [4.69, 9.17) is 0 Å². The van der Waals surface area contributed by atoms with Crippen molar-refractivity contribution in [2.24, 2.45) is 0 Å². The van der Waals surface area contributed by atoms with Crippen LogP contribution in [-0.4, -0.2) is 17.9 Å². The van der Waals surface area contributed by atoms with Gasteiger partial charge in [0.15, 0.2) is 0 Å². The minimum atomic E-state index is -1.25. The van der Waals surface area contributed by atoms with E-state index in [9.17, 15) is 14.7 Å². The number of rotatable bonds is 6. The fourth-order valence-electron chi connectivity index (χ4n) is 0.888. The smallest absolute Gasteiger partial charge is 0.548 e. The molecule has 1 amide bonds. The van der Waals surface area contributed by atoms with Crippen LogP contribution in [-0.2, 0) is 9.59 Å². The molecular formula is C9H14LiNO3. The van der Waals surface area contributed by atoms with Crippen molar-refractivity contribution in [2.75, 3.05) is 0 Å². The molecule has 0 fully saturated rings. The predicted molar refractivity (Wildman–Crippen MR) is 46.7 cm³/mol. The zero-order valence-electron chi connectivity index (χ0n) is 8.71. The van der Waals surface area contributed by atoms with Crippen molar-refractivity contribution in [1.29, 1.82) is 0 Å². The van der Waals surface area contributed by atoms with Crippen molar-refractivity contribution in [1.82, 2.24) is 5.32 Å². The monoisotopic (exact) mass is 191 g/mol. The third-order valence-corrected chi connectivity index (χ3v) is 1.63. The van der Waals surface area contributed by atoms with Crippen molar-refractivity contribution >= 4 is 11.9 Å². The average molecular weight is 191 g/mol. The first kappa shape index (κ1) is 15.7. The van der Waals surface area contributed by atoms with E-state index in [1.165, 1.54) is 0 Å². The minimum absolute atomic E-state index is 0. The van der Waals surface area contributed by atoms with Crippen LogP contribution in [0.2, 0.25) is 0 Å². The molecule has 0 aliphatic rings. The molecule has 1 N–H and O–H groups in total. The molecule has 0 saturated carbocycles. The minimum Gasteiger partial charge on any atom is -0.548 e. The molecule has 1 unspecified atom stereocenters. The molecular weight excluding hydrogens is 177 g/mol. The quantitative estimate of drug-likeness (QED) is 0.351. The number of aliphatic carboxylic acids is 1. The molecule has 1 atom stereocenters. The van der Waals surface area contributed by atoms with Crippen molar-refractivity contribution in [3.05, 3.63) is 12.7 Å². The van der Waals surface area contributed by atoms with Crippen LogP contribution >= 0.6 is 0 Å². The van der Waals surface area contributed by atoms with Gasteiger partial charge in [-0.15, -0.1) is 0 Å². The van der Waals surface area contributed by atoms with Gasteiger partial charge in [-0.2, -0.15) is 0 Å². The summed E-state index contributed by atoms with van der Waals surface area (Å²) >= 11 is 0. The summed E-state index contributed by atoms with van der Waals surface area (Å²) in [4.78, 5) is 21.3. The van der Waals surface area contributed by atoms with E-state index in [1.54, 1.807) is 0 Å². The Bertz CT molecular complexity index is 206. The van der Waals surface area contributed by atoms with Gasteiger partial charge in [0.05, 0.1) is 12.0 Å². The van der Waals surface area contributed by atoms with Crippen LogP contribution in [0.5, 0.6) is 0 Å². The Morgan fingerprint density at radius 1 is 1.57 bits per heavy atom. The third-order valence-electron chi connectivity index (χ3n) is 1.63. The summed E-state index contributed by atoms with van der Waals surface area (Å²) in [7, 11) is 0. The largest absolute Gasteiger partial charge is 1.00 e. The normalized spacial score (nSPS) is 10.9. The van der Waals surface area contributed by atoms with Crippen molar-refractivity contribution < 1.29 is 33.6 Å². The van der Waals surface area contributed by atoms with Gasteiger partial charge in [0, 0.05) is 0 Å². The Morgan fingerprint density at radius 3 is 2.50 bits per heavy atom. The summed E-state index contributed by atoms with van der Waals surface area (Å²) in [5, 5.41) is 12.8. The second-order valence-corrected chi connectivity index (χ2v) is 2.73. The first-order valence-corrected chi connectivity index (χ1v) is 4.25. The molecule has 0 bridgehead atoms. The second-order valence-electron chi connectivity index (χ2n) is 2.73. The maximum Gasteiger partial charge on any atom is 1.00 e. The molecule has 14 heavy (non-hydrogen) atoms. The van der Waals surface area contributed by atoms with E-state index in [0.717, 1.165) is 18.9 Å². The summed E-state index contributed by atoms with van der Waals surface area (Å²) in [5.74, 6) is -1.73. The standard InChI is InChI=1S/C9H15NO3.Li/c1-3-5-6-7(9(12)13)10-8(11)4-2;/h4,7H,2-3,5-6H2,1H3,(H,10,11)(H,12,13);/q;+1/p-1. The topological polar surface area (TPSA) is 69.2 Å². The molecule has 0 aromatic rings. The molecule has 0 radical (unpaired) electrons. The predicted octanol–water partition coefficient (Wildman–Crippen LogP) is -3.40. The number of carboxylic acid groups (broad SMARTS) is 1. The van der Waals surface area contributed by atoms with Crippen LogP contribution in [0.25, 0.3) is 0 Å². The summed E-state index contributed by atoms with van der Waals surface area (Å²) in [6.45, 7) is 5.17. The van der Waals surface area contributed by atoms with Crippen LogP contribution in [0.1, 0.15) is 26.2 Å². The van der Waals surface area contributed by atoms with Gasteiger partial charge >= 0.3 is 18.9 Å². The number of hydrogen-bond donors (Lipinski definition) is 1. The van der Waals surface area contributed by atoms with Crippen LogP contribution in [0, 0.1) is 0 Å². The molecule has 0 aliphatic heterocycles. The van der Waals surface area contributed by atoms with Crippen molar-refractivity contribution in [2.45, 2.75) is 32.2 Å². The molecule has 0 aromatic heterocycles. The Hall–Kier alpha value is -0.723. The number of hydrogen-bond acceptors (Lipinski definition) is 3. The van der Waals surface area contributed by atoms with E-state index < -0.39 is 17.9 Å². The fourth-order valence-corrected chi connectivity index (χ4v) is 0.888. The van der Waals surface area contributed by atoms with Gasteiger partial charge in [-0.25, -0.2) is 0 Å². The number of unbranched alkanes of at least 4 members (excludes halogenated alkanes) is 1. The summed E-state index contributed by atoms with van der Waals surface area (Å²) in [6, 6.07) is -0.898. The van der Waals surface area contributed by atoms with E-state index in [1.807, 2.05) is 6.92 Å². The van der Waals surface area contributed by atoms with Gasteiger partial charge in [0.2, 0.25) is 5.91 Å². The number of carbonyl (C=O) groups is 2. The SMILES string of the molecule is C=CC(=O)NC(CCCC)C(=O)[O-].[Li+]. The molecule has 0 rings (SSSR count). The van der Waals surface area contributed by atoms with Crippen LogP contribution < -0.4 is 29.3 Å². The van der Waals surface area contributed by atoms with Crippen LogP contribution in [0.4, 0.5) is 0 Å². The van der Waals surface area contributed by atoms with Gasteiger partial charge in [-0.05, 0) is 12.5 Å². The Labute approximate surface area is 95.9 Å². The van der Waals surface area contributed by atoms with Crippen LogP contribution in [0.15, 0.2) is 12.7 Å². The molecule has 4 nitrogen and oxygen atoms in total. The number of nitrogens with one attached hydrogen (secondary N) is 1. The summed E-state index contributed by atoms with van der Waals surface area (Å²) in [5.41, 5.74) is 0. The number of carboxylic acids is 1. The number of amides is 1. The summed E-state index contributed by atoms with van der Waals surface area (Å²) < 4.78 is 0. The van der Waals surface area contributed by atoms with Crippen molar-refractivity contribution in [3.8, 4) is 0 Å². The van der Waals surface area contributed by atoms with Gasteiger partial charge in [-0.3, -0.25) is 4.79 Å². The summed E-state index contributed by atoms with van der Waals surface area (Å²) in [6.07, 6.45) is 3.07. The van der Waals surface area contributed by atoms with E-state index in [0.29, 0.717) is 6.42 Å². The van der Waals surface area contributed by atoms with Gasteiger partial charge in [-0.1, -0.05) is 26.3 Å². The molecule has 0 saturated heterocycles. The van der Waals surface area contributed by atoms with E-state index >= 15 is 0 Å². The fraction of sp³-hybridized carbons (Fsp3) is 0.556. The first-order valence-electron chi connectivity index (χ1n) is 4.25. The van der Waals surface area contributed by atoms with Gasteiger partial charge in [0.1, 0.15) is 0 Å². The maximum absolute atomic E-state index is 10.8. The molecule has 0 aliphatic carbocycles. The molecule has 0 spiro atoms. The molecule has 0 heterocycles. The first-order chi connectivity index (χ1) is 6.11. The van der Waals surface area contributed by atoms with Gasteiger partial charge < -0.3 is 15.2 Å². The zero-order chi connectivity index (χ0) is 10.3. The molecule has 74 valence electrons. The van der Waals surface area contributed by atoms with Crippen LogP contribution in [0.3, 0.4) is 0 Å². The number of carbonyl (C=O) groups excluding carboxylic acids is 2. The second kappa shape index (κ2) is 8.86. The van der Waals surface area contributed by atoms with E-state index in [2.05, 4.69) is 11.9 Å². The molecule has 0 aromatic carbocycles.